The van der Waals surface area contributed by atoms with Crippen molar-refractivity contribution in [2.24, 2.45) is 0 Å². The average molecular weight is 340 g/mol. The van der Waals surface area contributed by atoms with Crippen LogP contribution in [0.3, 0.4) is 0 Å². The number of aromatic nitrogens is 2. The van der Waals surface area contributed by atoms with E-state index in [-0.39, 0.29) is 0 Å². The molecule has 1 N–H and O–H groups in total. The normalized spacial score (nSPS) is 15.0. The first-order valence-electron chi connectivity index (χ1n) is 7.75. The van der Waals surface area contributed by atoms with Crippen LogP contribution in [-0.4, -0.2) is 52.2 Å². The van der Waals surface area contributed by atoms with E-state index in [1.807, 2.05) is 35.7 Å². The highest BCUT2D eigenvalue weighted by Gasteiger charge is 2.22. The Labute approximate surface area is 143 Å². The van der Waals surface area contributed by atoms with Crippen LogP contribution in [0.2, 0.25) is 0 Å². The molecule has 1 amide bonds. The van der Waals surface area contributed by atoms with Crippen LogP contribution in [0.4, 0.5) is 9.93 Å². The van der Waals surface area contributed by atoms with Crippen LogP contribution >= 0.6 is 11.3 Å². The first-order valence-corrected chi connectivity index (χ1v) is 8.63. The fourth-order valence-electron chi connectivity index (χ4n) is 2.82. The number of thiazole rings is 1. The monoisotopic (exact) mass is 340 g/mol. The molecular weight excluding hydrogens is 324 g/mol. The number of carbonyl (C=O) groups is 1. The largest absolute Gasteiger partial charge is 0.465 e. The van der Waals surface area contributed by atoms with E-state index in [4.69, 9.17) is 10.1 Å². The van der Waals surface area contributed by atoms with E-state index in [2.05, 4.69) is 16.0 Å². The number of benzene rings is 1. The van der Waals surface area contributed by atoms with Gasteiger partial charge >= 0.3 is 6.09 Å². The van der Waals surface area contributed by atoms with E-state index in [1.165, 1.54) is 4.90 Å². The van der Waals surface area contributed by atoms with E-state index < -0.39 is 6.09 Å². The zero-order valence-corrected chi connectivity index (χ0v) is 13.7. The Morgan fingerprint density at radius 1 is 1.00 bits per heavy atom. The summed E-state index contributed by atoms with van der Waals surface area (Å²) in [7, 11) is 0. The van der Waals surface area contributed by atoms with Crippen molar-refractivity contribution in [2.75, 3.05) is 31.1 Å². The Morgan fingerprint density at radius 3 is 2.58 bits per heavy atom. The summed E-state index contributed by atoms with van der Waals surface area (Å²) in [6, 6.07) is 12.1. The lowest BCUT2D eigenvalue weighted by molar-refractivity contribution is 0.142. The fourth-order valence-corrected chi connectivity index (χ4v) is 3.70. The van der Waals surface area contributed by atoms with Gasteiger partial charge in [0.05, 0.1) is 11.2 Å². The van der Waals surface area contributed by atoms with Crippen molar-refractivity contribution >= 4 is 33.5 Å². The maximum Gasteiger partial charge on any atom is 0.407 e. The van der Waals surface area contributed by atoms with Gasteiger partial charge in [0.2, 0.25) is 0 Å². The quantitative estimate of drug-likeness (QED) is 0.776. The molecule has 2 aromatic heterocycles. The van der Waals surface area contributed by atoms with Gasteiger partial charge in [-0.3, -0.25) is 0 Å². The van der Waals surface area contributed by atoms with Crippen LogP contribution in [0.5, 0.6) is 0 Å². The van der Waals surface area contributed by atoms with E-state index in [9.17, 15) is 4.79 Å². The van der Waals surface area contributed by atoms with Gasteiger partial charge in [-0.2, -0.15) is 0 Å². The number of rotatable bonds is 2. The molecule has 6 nitrogen and oxygen atoms in total. The maximum absolute atomic E-state index is 11.0. The molecule has 0 atom stereocenters. The summed E-state index contributed by atoms with van der Waals surface area (Å²) in [5.74, 6) is 0. The van der Waals surface area contributed by atoms with Gasteiger partial charge in [0.15, 0.2) is 5.13 Å². The van der Waals surface area contributed by atoms with E-state index in [0.717, 1.165) is 27.4 Å². The Morgan fingerprint density at radius 2 is 1.79 bits per heavy atom. The number of hydrogen-bond donors (Lipinski definition) is 1. The number of nitrogens with zero attached hydrogens (tertiary/aromatic N) is 4. The van der Waals surface area contributed by atoms with Crippen LogP contribution in [0.1, 0.15) is 0 Å². The molecule has 1 aliphatic heterocycles. The minimum absolute atomic E-state index is 0.512. The van der Waals surface area contributed by atoms with Crippen LogP contribution in [-0.2, 0) is 0 Å². The molecule has 1 saturated heterocycles. The van der Waals surface area contributed by atoms with Gasteiger partial charge in [0.25, 0.3) is 0 Å². The van der Waals surface area contributed by atoms with Gasteiger partial charge in [-0.15, -0.1) is 11.3 Å². The molecule has 0 aliphatic carbocycles. The third-order valence-electron chi connectivity index (χ3n) is 4.17. The summed E-state index contributed by atoms with van der Waals surface area (Å²) >= 11 is 1.57. The number of carboxylic acid groups (broad SMARTS) is 1. The summed E-state index contributed by atoms with van der Waals surface area (Å²) < 4.78 is 0. The smallest absolute Gasteiger partial charge is 0.407 e. The van der Waals surface area contributed by atoms with E-state index in [1.54, 1.807) is 11.3 Å². The average Bonchev–Trinajstić information content (AvgIpc) is 3.11. The number of pyridine rings is 1. The molecule has 0 bridgehead atoms. The highest BCUT2D eigenvalue weighted by atomic mass is 32.1. The third kappa shape index (κ3) is 2.78. The molecule has 0 radical (unpaired) electrons. The van der Waals surface area contributed by atoms with Crippen molar-refractivity contribution in [1.29, 1.82) is 0 Å². The number of hydrogen-bond acceptors (Lipinski definition) is 5. The van der Waals surface area contributed by atoms with Crippen LogP contribution < -0.4 is 4.90 Å². The molecule has 1 fully saturated rings. The SMILES string of the molecule is O=C(O)N1CCN(c2nc(-c3ccc4ccccc4n3)cs2)CC1. The van der Waals surface area contributed by atoms with Crippen molar-refractivity contribution in [3.05, 3.63) is 41.8 Å². The van der Waals surface area contributed by atoms with Gasteiger partial charge < -0.3 is 14.9 Å². The fraction of sp³-hybridized carbons (Fsp3) is 0.235. The van der Waals surface area contributed by atoms with E-state index >= 15 is 0 Å². The van der Waals surface area contributed by atoms with Crippen LogP contribution in [0, 0.1) is 0 Å². The minimum Gasteiger partial charge on any atom is -0.465 e. The second-order valence-corrected chi connectivity index (χ2v) is 6.50. The Hall–Kier alpha value is -2.67. The van der Waals surface area contributed by atoms with Gasteiger partial charge in [-0.05, 0) is 12.1 Å². The van der Waals surface area contributed by atoms with Crippen molar-refractivity contribution in [3.8, 4) is 11.4 Å². The van der Waals surface area contributed by atoms with Gasteiger partial charge in [0.1, 0.15) is 5.69 Å². The first-order chi connectivity index (χ1) is 11.7. The lowest BCUT2D eigenvalue weighted by Gasteiger charge is -2.32. The number of amides is 1. The Kier molecular flexibility index (Phi) is 3.78. The lowest BCUT2D eigenvalue weighted by atomic mass is 10.2. The van der Waals surface area contributed by atoms with Crippen LogP contribution in [0.25, 0.3) is 22.3 Å². The molecule has 122 valence electrons. The van der Waals surface area contributed by atoms with Gasteiger partial charge in [0, 0.05) is 36.9 Å². The first kappa shape index (κ1) is 14.9. The summed E-state index contributed by atoms with van der Waals surface area (Å²) in [6.07, 6.45) is -0.852. The highest BCUT2D eigenvalue weighted by molar-refractivity contribution is 7.14. The molecule has 1 aliphatic rings. The van der Waals surface area contributed by atoms with Gasteiger partial charge in [-0.1, -0.05) is 24.3 Å². The van der Waals surface area contributed by atoms with E-state index in [0.29, 0.717) is 26.2 Å². The molecule has 0 saturated carbocycles. The molecule has 0 spiro atoms. The zero-order valence-electron chi connectivity index (χ0n) is 12.9. The molecule has 3 aromatic rings. The molecule has 3 heterocycles. The minimum atomic E-state index is -0.852. The zero-order chi connectivity index (χ0) is 16.5. The van der Waals surface area contributed by atoms with Crippen molar-refractivity contribution in [2.45, 2.75) is 0 Å². The topological polar surface area (TPSA) is 69.6 Å². The van der Waals surface area contributed by atoms with Crippen molar-refractivity contribution in [1.82, 2.24) is 14.9 Å². The molecular formula is C17H16N4O2S. The summed E-state index contributed by atoms with van der Waals surface area (Å²) in [6.45, 7) is 2.37. The summed E-state index contributed by atoms with van der Waals surface area (Å²) in [5.41, 5.74) is 2.68. The standard InChI is InChI=1S/C17H16N4O2S/c22-17(23)21-9-7-20(8-10-21)16-19-15(11-24-16)14-6-5-12-3-1-2-4-13(12)18-14/h1-6,11H,7-10H2,(H,22,23). The Balaban J connectivity index is 1.55. The van der Waals surface area contributed by atoms with Crippen LogP contribution in [0.15, 0.2) is 41.8 Å². The third-order valence-corrected chi connectivity index (χ3v) is 5.08. The molecule has 24 heavy (non-hydrogen) atoms. The Bertz CT molecular complexity index is 887. The molecule has 7 heteroatoms. The van der Waals surface area contributed by atoms with Gasteiger partial charge in [-0.25, -0.2) is 14.8 Å². The second-order valence-electron chi connectivity index (χ2n) is 5.66. The second kappa shape index (κ2) is 6.09. The number of piperazine rings is 1. The molecule has 4 rings (SSSR count). The number of fused-ring (bicyclic) bond motifs is 1. The molecule has 1 aromatic carbocycles. The van der Waals surface area contributed by atoms with Crippen molar-refractivity contribution in [3.63, 3.8) is 0 Å². The predicted octanol–water partition coefficient (Wildman–Crippen LogP) is 3.16. The highest BCUT2D eigenvalue weighted by Crippen LogP contribution is 2.28. The van der Waals surface area contributed by atoms with Crippen molar-refractivity contribution < 1.29 is 9.90 Å². The predicted molar refractivity (Wildman–Crippen MR) is 94.7 cm³/mol. The summed E-state index contributed by atoms with van der Waals surface area (Å²) in [4.78, 5) is 23.9. The lowest BCUT2D eigenvalue weighted by Crippen LogP contribution is -2.48. The number of para-hydroxylation sites is 1. The number of anilines is 1. The molecule has 0 unspecified atom stereocenters. The maximum atomic E-state index is 11.0. The summed E-state index contributed by atoms with van der Waals surface area (Å²) in [5, 5.41) is 13.1.